The van der Waals surface area contributed by atoms with Gasteiger partial charge in [0.2, 0.25) is 5.91 Å². The summed E-state index contributed by atoms with van der Waals surface area (Å²) in [5, 5.41) is 5.13. The average Bonchev–Trinajstić information content (AvgIpc) is 2.89. The number of ketones is 1. The molecule has 2 rings (SSSR count). The summed E-state index contributed by atoms with van der Waals surface area (Å²) in [4.78, 5) is 49.8. The minimum absolute atomic E-state index is 0.00755. The third kappa shape index (κ3) is 10.5. The highest BCUT2D eigenvalue weighted by atomic mass is 32.1. The van der Waals surface area contributed by atoms with Gasteiger partial charge in [-0.25, -0.2) is 9.59 Å². The fourth-order valence-corrected chi connectivity index (χ4v) is 3.64. The number of benzene rings is 2. The highest BCUT2D eigenvalue weighted by molar-refractivity contribution is 7.80. The van der Waals surface area contributed by atoms with Crippen LogP contribution in [0.25, 0.3) is 0 Å². The molecule has 2 atom stereocenters. The zero-order chi connectivity index (χ0) is 27.2. The third-order valence-electron chi connectivity index (χ3n) is 5.30. The Kier molecular flexibility index (Phi) is 12.4. The first-order valence-electron chi connectivity index (χ1n) is 12.0. The number of hydrogen-bond acceptors (Lipinski definition) is 7. The van der Waals surface area contributed by atoms with Gasteiger partial charge in [-0.1, -0.05) is 81.1 Å². The van der Waals surface area contributed by atoms with E-state index in [2.05, 4.69) is 29.8 Å². The lowest BCUT2D eigenvalue weighted by Gasteiger charge is -2.22. The van der Waals surface area contributed by atoms with Crippen LogP contribution in [0.5, 0.6) is 0 Å². The Hall–Kier alpha value is -3.59. The van der Waals surface area contributed by atoms with Crippen molar-refractivity contribution in [3.8, 4) is 0 Å². The fraction of sp³-hybridized carbons (Fsp3) is 0.357. The molecule has 0 unspecified atom stereocenters. The van der Waals surface area contributed by atoms with Crippen molar-refractivity contribution in [3.63, 3.8) is 0 Å². The van der Waals surface area contributed by atoms with Crippen LogP contribution >= 0.6 is 12.6 Å². The van der Waals surface area contributed by atoms with E-state index in [4.69, 9.17) is 9.47 Å². The first-order valence-corrected chi connectivity index (χ1v) is 12.6. The lowest BCUT2D eigenvalue weighted by atomic mass is 10.0. The Labute approximate surface area is 223 Å². The standard InChI is InChI=1S/C28H34N2O6S/c1-4-14-35-27(33)24(18-37)29-26(32)23(15-19(2)3)30-28(34)36-17-21-10-12-22(13-11-21)25(31)16-20-8-6-5-7-9-20/h4-13,19,23-24,37H,1,14-18H2,2-3H3,(H,29,32)(H,30,34)/t23-,24-/m0/s1. The molecule has 0 aromatic heterocycles. The van der Waals surface area contributed by atoms with Gasteiger partial charge in [0.1, 0.15) is 25.3 Å². The lowest BCUT2D eigenvalue weighted by Crippen LogP contribution is -2.53. The molecule has 0 aliphatic rings. The number of ether oxygens (including phenoxy) is 2. The highest BCUT2D eigenvalue weighted by Crippen LogP contribution is 2.11. The Morgan fingerprint density at radius 1 is 0.919 bits per heavy atom. The van der Waals surface area contributed by atoms with Crippen molar-refractivity contribution in [2.24, 2.45) is 5.92 Å². The van der Waals surface area contributed by atoms with Crippen molar-refractivity contribution in [3.05, 3.63) is 83.9 Å². The van der Waals surface area contributed by atoms with Gasteiger partial charge in [-0.3, -0.25) is 9.59 Å². The minimum atomic E-state index is -0.966. The second kappa shape index (κ2) is 15.5. The van der Waals surface area contributed by atoms with Crippen LogP contribution in [0.2, 0.25) is 0 Å². The van der Waals surface area contributed by atoms with Crippen molar-refractivity contribution in [1.82, 2.24) is 10.6 Å². The molecule has 37 heavy (non-hydrogen) atoms. The highest BCUT2D eigenvalue weighted by Gasteiger charge is 2.27. The molecule has 0 aliphatic heterocycles. The number of carbonyl (C=O) groups is 4. The van der Waals surface area contributed by atoms with Gasteiger partial charge in [-0.05, 0) is 23.5 Å². The summed E-state index contributed by atoms with van der Waals surface area (Å²) in [5.74, 6) is -1.07. The summed E-state index contributed by atoms with van der Waals surface area (Å²) in [6, 6.07) is 14.4. The monoisotopic (exact) mass is 526 g/mol. The molecule has 2 aromatic rings. The first kappa shape index (κ1) is 29.6. The van der Waals surface area contributed by atoms with Crippen LogP contribution in [0.3, 0.4) is 0 Å². The summed E-state index contributed by atoms with van der Waals surface area (Å²) >= 11 is 4.10. The average molecular weight is 527 g/mol. The van der Waals surface area contributed by atoms with Crippen molar-refractivity contribution < 1.29 is 28.7 Å². The summed E-state index contributed by atoms with van der Waals surface area (Å²) < 4.78 is 10.3. The molecular weight excluding hydrogens is 492 g/mol. The van der Waals surface area contributed by atoms with E-state index in [0.29, 0.717) is 24.0 Å². The largest absolute Gasteiger partial charge is 0.460 e. The molecule has 0 saturated heterocycles. The molecule has 0 bridgehead atoms. The van der Waals surface area contributed by atoms with Gasteiger partial charge in [0, 0.05) is 17.7 Å². The molecule has 9 heteroatoms. The smallest absolute Gasteiger partial charge is 0.408 e. The molecule has 0 aliphatic carbocycles. The Morgan fingerprint density at radius 2 is 1.59 bits per heavy atom. The van der Waals surface area contributed by atoms with E-state index in [1.165, 1.54) is 6.08 Å². The maximum atomic E-state index is 12.8. The van der Waals surface area contributed by atoms with Gasteiger partial charge in [-0.2, -0.15) is 12.6 Å². The van der Waals surface area contributed by atoms with E-state index in [1.807, 2.05) is 44.2 Å². The summed E-state index contributed by atoms with van der Waals surface area (Å²) in [6.45, 7) is 7.26. The van der Waals surface area contributed by atoms with Crippen LogP contribution in [0, 0.1) is 5.92 Å². The molecule has 0 spiro atoms. The van der Waals surface area contributed by atoms with E-state index in [9.17, 15) is 19.2 Å². The van der Waals surface area contributed by atoms with Crippen LogP contribution in [0.1, 0.15) is 41.8 Å². The maximum absolute atomic E-state index is 12.8. The number of esters is 1. The number of Topliss-reactive ketones (excluding diaryl/α,β-unsaturated/α-hetero) is 1. The van der Waals surface area contributed by atoms with Gasteiger partial charge in [0.05, 0.1) is 0 Å². The molecule has 0 fully saturated rings. The van der Waals surface area contributed by atoms with Crippen LogP contribution in [0.4, 0.5) is 4.79 Å². The van der Waals surface area contributed by atoms with Crippen molar-refractivity contribution in [2.45, 2.75) is 45.4 Å². The van der Waals surface area contributed by atoms with E-state index >= 15 is 0 Å². The fourth-order valence-electron chi connectivity index (χ4n) is 3.40. The number of hydrogen-bond donors (Lipinski definition) is 3. The van der Waals surface area contributed by atoms with E-state index in [1.54, 1.807) is 24.3 Å². The van der Waals surface area contributed by atoms with E-state index in [-0.39, 0.29) is 30.7 Å². The predicted molar refractivity (Wildman–Crippen MR) is 144 cm³/mol. The zero-order valence-electron chi connectivity index (χ0n) is 21.1. The lowest BCUT2D eigenvalue weighted by molar-refractivity contribution is -0.146. The topological polar surface area (TPSA) is 111 Å². The summed E-state index contributed by atoms with van der Waals surface area (Å²) in [7, 11) is 0. The number of amides is 2. The van der Waals surface area contributed by atoms with Crippen LogP contribution in [-0.2, 0) is 32.1 Å². The summed E-state index contributed by atoms with van der Waals surface area (Å²) in [5.41, 5.74) is 2.19. The molecule has 2 N–H and O–H groups in total. The van der Waals surface area contributed by atoms with Crippen LogP contribution in [0.15, 0.2) is 67.3 Å². The Balaban J connectivity index is 1.91. The van der Waals surface area contributed by atoms with E-state index in [0.717, 1.165) is 5.56 Å². The van der Waals surface area contributed by atoms with Crippen molar-refractivity contribution >= 4 is 36.4 Å². The quantitative estimate of drug-likeness (QED) is 0.149. The SMILES string of the molecule is C=CCOC(=O)[C@H](CS)NC(=O)[C@H](CC(C)C)NC(=O)OCc1ccc(C(=O)Cc2ccccc2)cc1. The number of alkyl carbamates (subject to hydrolysis) is 1. The molecule has 8 nitrogen and oxygen atoms in total. The Morgan fingerprint density at radius 3 is 2.19 bits per heavy atom. The second-order valence-electron chi connectivity index (χ2n) is 8.85. The second-order valence-corrected chi connectivity index (χ2v) is 9.21. The van der Waals surface area contributed by atoms with Gasteiger partial charge < -0.3 is 20.1 Å². The predicted octanol–water partition coefficient (Wildman–Crippen LogP) is 3.90. The summed E-state index contributed by atoms with van der Waals surface area (Å²) in [6.07, 6.45) is 1.28. The van der Waals surface area contributed by atoms with Crippen LogP contribution in [-0.4, -0.2) is 48.2 Å². The molecule has 0 heterocycles. The maximum Gasteiger partial charge on any atom is 0.408 e. The number of carbonyl (C=O) groups excluding carboxylic acids is 4. The molecule has 0 saturated carbocycles. The van der Waals surface area contributed by atoms with Crippen molar-refractivity contribution in [1.29, 1.82) is 0 Å². The van der Waals surface area contributed by atoms with Crippen molar-refractivity contribution in [2.75, 3.05) is 12.4 Å². The number of rotatable bonds is 14. The normalized spacial score (nSPS) is 12.2. The molecule has 198 valence electrons. The number of nitrogens with one attached hydrogen (secondary N) is 2. The van der Waals surface area contributed by atoms with Crippen LogP contribution < -0.4 is 10.6 Å². The molecule has 0 radical (unpaired) electrons. The van der Waals surface area contributed by atoms with Gasteiger partial charge in [0.25, 0.3) is 0 Å². The third-order valence-corrected chi connectivity index (χ3v) is 5.66. The molecule has 2 aromatic carbocycles. The molecular formula is C28H34N2O6S. The Bertz CT molecular complexity index is 1060. The number of thiol groups is 1. The van der Waals surface area contributed by atoms with Gasteiger partial charge >= 0.3 is 12.1 Å². The minimum Gasteiger partial charge on any atom is -0.460 e. The molecule has 2 amide bonds. The van der Waals surface area contributed by atoms with Gasteiger partial charge in [0.15, 0.2) is 5.78 Å². The van der Waals surface area contributed by atoms with E-state index < -0.39 is 30.1 Å². The zero-order valence-corrected chi connectivity index (χ0v) is 22.0. The first-order chi connectivity index (χ1) is 17.7. The van der Waals surface area contributed by atoms with Gasteiger partial charge in [-0.15, -0.1) is 0 Å².